The first-order valence-corrected chi connectivity index (χ1v) is 7.06. The molecule has 2 N–H and O–H groups in total. The van der Waals surface area contributed by atoms with Gasteiger partial charge in [-0.25, -0.2) is 5.43 Å². The Morgan fingerprint density at radius 2 is 1.95 bits per heavy atom. The molecule has 0 radical (unpaired) electrons. The third-order valence-electron chi connectivity index (χ3n) is 2.84. The standard InChI is InChI=1S/C15H14BrN3O2/c1-9-7-10(2)18-14(20)13(9)15(21)19-17-8-11-3-5-12(16)6-4-11/h3-8H,1-2H3,(H,18,20)(H,19,21)/b17-8-. The van der Waals surface area contributed by atoms with E-state index in [1.165, 1.54) is 6.21 Å². The molecule has 0 bridgehead atoms. The number of rotatable bonds is 3. The number of aryl methyl sites for hydroxylation is 2. The number of hydrogen-bond acceptors (Lipinski definition) is 3. The van der Waals surface area contributed by atoms with Gasteiger partial charge in [-0.05, 0) is 43.2 Å². The minimum Gasteiger partial charge on any atom is -0.326 e. The number of amides is 1. The second-order valence-corrected chi connectivity index (χ2v) is 5.51. The van der Waals surface area contributed by atoms with Crippen LogP contribution < -0.4 is 11.0 Å². The summed E-state index contributed by atoms with van der Waals surface area (Å²) >= 11 is 3.34. The zero-order chi connectivity index (χ0) is 15.4. The van der Waals surface area contributed by atoms with Crippen LogP contribution in [-0.2, 0) is 0 Å². The van der Waals surface area contributed by atoms with Crippen LogP contribution in [0.2, 0.25) is 0 Å². The highest BCUT2D eigenvalue weighted by Gasteiger charge is 2.13. The molecular weight excluding hydrogens is 334 g/mol. The van der Waals surface area contributed by atoms with Gasteiger partial charge in [0, 0.05) is 10.2 Å². The average Bonchev–Trinajstić information content (AvgIpc) is 2.40. The van der Waals surface area contributed by atoms with E-state index >= 15 is 0 Å². The van der Waals surface area contributed by atoms with Crippen LogP contribution in [0, 0.1) is 13.8 Å². The molecule has 1 amide bonds. The predicted octanol–water partition coefficient (Wildman–Crippen LogP) is 2.52. The first kappa shape index (κ1) is 15.2. The van der Waals surface area contributed by atoms with Gasteiger partial charge >= 0.3 is 0 Å². The van der Waals surface area contributed by atoms with Crippen molar-refractivity contribution in [1.29, 1.82) is 0 Å². The molecular formula is C15H14BrN3O2. The Bertz CT molecular complexity index is 749. The molecule has 108 valence electrons. The van der Waals surface area contributed by atoms with Crippen molar-refractivity contribution >= 4 is 28.1 Å². The molecule has 2 aromatic rings. The van der Waals surface area contributed by atoms with E-state index in [9.17, 15) is 9.59 Å². The average molecular weight is 348 g/mol. The zero-order valence-corrected chi connectivity index (χ0v) is 13.2. The molecule has 0 aliphatic rings. The topological polar surface area (TPSA) is 74.3 Å². The second kappa shape index (κ2) is 6.49. The summed E-state index contributed by atoms with van der Waals surface area (Å²) in [4.78, 5) is 26.4. The maximum atomic E-state index is 12.0. The summed E-state index contributed by atoms with van der Waals surface area (Å²) in [6, 6.07) is 9.19. The van der Waals surface area contributed by atoms with Crippen LogP contribution in [0.3, 0.4) is 0 Å². The lowest BCUT2D eigenvalue weighted by Crippen LogP contribution is -2.28. The largest absolute Gasteiger partial charge is 0.326 e. The van der Waals surface area contributed by atoms with Crippen molar-refractivity contribution in [3.05, 3.63) is 67.5 Å². The number of nitrogens with zero attached hydrogens (tertiary/aromatic N) is 1. The maximum absolute atomic E-state index is 12.0. The Morgan fingerprint density at radius 3 is 2.57 bits per heavy atom. The third-order valence-corrected chi connectivity index (χ3v) is 3.37. The summed E-state index contributed by atoms with van der Waals surface area (Å²) in [7, 11) is 0. The number of hydrogen-bond donors (Lipinski definition) is 2. The highest BCUT2D eigenvalue weighted by atomic mass is 79.9. The summed E-state index contributed by atoms with van der Waals surface area (Å²) in [5, 5.41) is 3.86. The number of aromatic nitrogens is 1. The Labute approximate surface area is 130 Å². The van der Waals surface area contributed by atoms with Gasteiger partial charge in [0.15, 0.2) is 0 Å². The predicted molar refractivity (Wildman–Crippen MR) is 85.7 cm³/mol. The van der Waals surface area contributed by atoms with Gasteiger partial charge in [0.25, 0.3) is 11.5 Å². The van der Waals surface area contributed by atoms with Gasteiger partial charge in [-0.15, -0.1) is 0 Å². The molecule has 6 heteroatoms. The van der Waals surface area contributed by atoms with Crippen LogP contribution in [0.1, 0.15) is 27.2 Å². The molecule has 5 nitrogen and oxygen atoms in total. The van der Waals surface area contributed by atoms with Gasteiger partial charge in [0.05, 0.1) is 6.21 Å². The number of carbonyl (C=O) groups excluding carboxylic acids is 1. The minimum atomic E-state index is -0.526. The van der Waals surface area contributed by atoms with E-state index in [1.807, 2.05) is 24.3 Å². The number of pyridine rings is 1. The molecule has 0 saturated heterocycles. The molecule has 1 aromatic carbocycles. The van der Waals surface area contributed by atoms with E-state index < -0.39 is 11.5 Å². The first-order chi connectivity index (χ1) is 9.97. The lowest BCUT2D eigenvalue weighted by molar-refractivity contribution is 0.0953. The van der Waals surface area contributed by atoms with Crippen LogP contribution in [0.25, 0.3) is 0 Å². The Hall–Kier alpha value is -2.21. The number of H-pyrrole nitrogens is 1. The number of halogens is 1. The molecule has 1 aromatic heterocycles. The van der Waals surface area contributed by atoms with E-state index in [-0.39, 0.29) is 5.56 Å². The van der Waals surface area contributed by atoms with Crippen molar-refractivity contribution in [2.24, 2.45) is 5.10 Å². The normalized spacial score (nSPS) is 10.8. The molecule has 0 aliphatic carbocycles. The molecule has 0 saturated carbocycles. The summed E-state index contributed by atoms with van der Waals surface area (Å²) in [5.74, 6) is -0.526. The molecule has 21 heavy (non-hydrogen) atoms. The number of carbonyl (C=O) groups is 1. The van der Waals surface area contributed by atoms with Crippen molar-refractivity contribution < 1.29 is 4.79 Å². The van der Waals surface area contributed by atoms with Crippen molar-refractivity contribution in [3.8, 4) is 0 Å². The maximum Gasteiger partial charge on any atom is 0.277 e. The summed E-state index contributed by atoms with van der Waals surface area (Å²) < 4.78 is 0.963. The lowest BCUT2D eigenvalue weighted by Gasteiger charge is -2.04. The SMILES string of the molecule is Cc1cc(C)c(C(=O)N/N=C\c2ccc(Br)cc2)c(=O)[nH]1. The van der Waals surface area contributed by atoms with Crippen LogP contribution >= 0.6 is 15.9 Å². The highest BCUT2D eigenvalue weighted by molar-refractivity contribution is 9.10. The van der Waals surface area contributed by atoms with Crippen LogP contribution in [0.15, 0.2) is 44.7 Å². The van der Waals surface area contributed by atoms with Gasteiger partial charge in [-0.1, -0.05) is 28.1 Å². The molecule has 0 unspecified atom stereocenters. The molecule has 0 atom stereocenters. The van der Waals surface area contributed by atoms with E-state index in [2.05, 4.69) is 31.4 Å². The van der Waals surface area contributed by atoms with Crippen molar-refractivity contribution in [2.75, 3.05) is 0 Å². The quantitative estimate of drug-likeness (QED) is 0.661. The van der Waals surface area contributed by atoms with Crippen molar-refractivity contribution in [1.82, 2.24) is 10.4 Å². The summed E-state index contributed by atoms with van der Waals surface area (Å²) in [6.07, 6.45) is 1.52. The van der Waals surface area contributed by atoms with Crippen LogP contribution in [0.4, 0.5) is 0 Å². The van der Waals surface area contributed by atoms with Crippen molar-refractivity contribution in [2.45, 2.75) is 13.8 Å². The monoisotopic (exact) mass is 347 g/mol. The zero-order valence-electron chi connectivity index (χ0n) is 11.6. The van der Waals surface area contributed by atoms with E-state index in [0.717, 1.165) is 10.0 Å². The van der Waals surface area contributed by atoms with Gasteiger partial charge in [-0.2, -0.15) is 5.10 Å². The van der Waals surface area contributed by atoms with Crippen LogP contribution in [-0.4, -0.2) is 17.1 Å². The van der Waals surface area contributed by atoms with Gasteiger partial charge in [0.1, 0.15) is 5.56 Å². The number of nitrogens with one attached hydrogen (secondary N) is 2. The Balaban J connectivity index is 2.12. The fourth-order valence-corrected chi connectivity index (χ4v) is 2.17. The summed E-state index contributed by atoms with van der Waals surface area (Å²) in [6.45, 7) is 3.48. The molecule has 1 heterocycles. The molecule has 0 aliphatic heterocycles. The number of aromatic amines is 1. The van der Waals surface area contributed by atoms with Gasteiger partial charge in [0.2, 0.25) is 0 Å². The Morgan fingerprint density at radius 1 is 1.29 bits per heavy atom. The molecule has 0 spiro atoms. The Kier molecular flexibility index (Phi) is 4.70. The fourth-order valence-electron chi connectivity index (χ4n) is 1.91. The minimum absolute atomic E-state index is 0.0774. The van der Waals surface area contributed by atoms with Crippen LogP contribution in [0.5, 0.6) is 0 Å². The smallest absolute Gasteiger partial charge is 0.277 e. The van der Waals surface area contributed by atoms with E-state index in [4.69, 9.17) is 0 Å². The summed E-state index contributed by atoms with van der Waals surface area (Å²) in [5.41, 5.74) is 4.20. The van der Waals surface area contributed by atoms with E-state index in [1.54, 1.807) is 19.9 Å². The third kappa shape index (κ3) is 3.88. The fraction of sp³-hybridized carbons (Fsp3) is 0.133. The van der Waals surface area contributed by atoms with Crippen molar-refractivity contribution in [3.63, 3.8) is 0 Å². The first-order valence-electron chi connectivity index (χ1n) is 6.27. The lowest BCUT2D eigenvalue weighted by atomic mass is 10.1. The number of hydrazone groups is 1. The molecule has 0 fully saturated rings. The van der Waals surface area contributed by atoms with E-state index in [0.29, 0.717) is 11.3 Å². The van der Waals surface area contributed by atoms with Gasteiger partial charge < -0.3 is 4.98 Å². The number of benzene rings is 1. The molecule has 2 rings (SSSR count). The highest BCUT2D eigenvalue weighted by Crippen LogP contribution is 2.09. The van der Waals surface area contributed by atoms with Gasteiger partial charge in [-0.3, -0.25) is 9.59 Å². The second-order valence-electron chi connectivity index (χ2n) is 4.59.